The number of hydrogen-bond donors (Lipinski definition) is 4. The van der Waals surface area contributed by atoms with Crippen LogP contribution in [0.5, 0.6) is 0 Å². The first-order chi connectivity index (χ1) is 16.4. The van der Waals surface area contributed by atoms with E-state index in [9.17, 15) is 29.7 Å². The Kier molecular flexibility index (Phi) is 7.14. The Bertz CT molecular complexity index is 1020. The highest BCUT2D eigenvalue weighted by atomic mass is 16.5. The molecule has 0 aromatic heterocycles. The van der Waals surface area contributed by atoms with Crippen molar-refractivity contribution < 1.29 is 34.4 Å². The van der Waals surface area contributed by atoms with Gasteiger partial charge in [-0.05, 0) is 22.3 Å². The molecule has 1 unspecified atom stereocenters. The van der Waals surface area contributed by atoms with E-state index in [1.807, 2.05) is 48.5 Å². The molecule has 2 aliphatic rings. The number of benzene rings is 2. The van der Waals surface area contributed by atoms with E-state index in [4.69, 9.17) is 4.74 Å². The third kappa shape index (κ3) is 4.76. The second kappa shape index (κ2) is 10.2. The van der Waals surface area contributed by atoms with Crippen molar-refractivity contribution >= 4 is 18.0 Å². The zero-order chi connectivity index (χ0) is 24.2. The van der Waals surface area contributed by atoms with Crippen LogP contribution >= 0.6 is 0 Å². The van der Waals surface area contributed by atoms with Crippen molar-refractivity contribution in [3.05, 3.63) is 59.7 Å². The SMILES string of the molecule is O=C(O)CC(NC(=O)OCC1c2ccccc2-c2ccccc21)C(=O)N1C[C@@H](CO)[C@@H](CO)C1. The molecule has 34 heavy (non-hydrogen) atoms. The maximum atomic E-state index is 13.0. The molecular weight excluding hydrogens is 440 g/mol. The molecule has 1 heterocycles. The van der Waals surface area contributed by atoms with E-state index in [1.165, 1.54) is 4.90 Å². The molecule has 3 atom stereocenters. The Hall–Kier alpha value is -3.43. The molecule has 2 aromatic carbocycles. The first-order valence-electron chi connectivity index (χ1n) is 11.3. The zero-order valence-electron chi connectivity index (χ0n) is 18.6. The molecule has 2 aromatic rings. The summed E-state index contributed by atoms with van der Waals surface area (Å²) in [6, 6.07) is 14.5. The number of amides is 2. The van der Waals surface area contributed by atoms with Crippen LogP contribution in [-0.2, 0) is 14.3 Å². The fourth-order valence-electron chi connectivity index (χ4n) is 4.91. The maximum Gasteiger partial charge on any atom is 0.407 e. The number of fused-ring (bicyclic) bond motifs is 3. The number of nitrogens with one attached hydrogen (secondary N) is 1. The van der Waals surface area contributed by atoms with Gasteiger partial charge in [0.1, 0.15) is 12.6 Å². The van der Waals surface area contributed by atoms with Gasteiger partial charge in [-0.25, -0.2) is 4.79 Å². The lowest BCUT2D eigenvalue weighted by Gasteiger charge is -2.23. The number of ether oxygens (including phenoxy) is 1. The van der Waals surface area contributed by atoms with Crippen LogP contribution in [0.3, 0.4) is 0 Å². The van der Waals surface area contributed by atoms with Crippen molar-refractivity contribution in [3.8, 4) is 11.1 Å². The van der Waals surface area contributed by atoms with Crippen molar-refractivity contribution in [1.82, 2.24) is 10.2 Å². The van der Waals surface area contributed by atoms with Gasteiger partial charge in [-0.3, -0.25) is 9.59 Å². The summed E-state index contributed by atoms with van der Waals surface area (Å²) >= 11 is 0. The number of hydrogen-bond acceptors (Lipinski definition) is 6. The van der Waals surface area contributed by atoms with Crippen LogP contribution in [0.1, 0.15) is 23.5 Å². The van der Waals surface area contributed by atoms with Crippen LogP contribution in [0.25, 0.3) is 11.1 Å². The van der Waals surface area contributed by atoms with Crippen molar-refractivity contribution in [2.45, 2.75) is 18.4 Å². The maximum absolute atomic E-state index is 13.0. The van der Waals surface area contributed by atoms with Crippen molar-refractivity contribution in [1.29, 1.82) is 0 Å². The summed E-state index contributed by atoms with van der Waals surface area (Å²) in [7, 11) is 0. The zero-order valence-corrected chi connectivity index (χ0v) is 18.6. The number of rotatable bonds is 8. The Morgan fingerprint density at radius 2 is 1.47 bits per heavy atom. The van der Waals surface area contributed by atoms with E-state index < -0.39 is 30.4 Å². The van der Waals surface area contributed by atoms with Gasteiger partial charge in [0.15, 0.2) is 0 Å². The van der Waals surface area contributed by atoms with Gasteiger partial charge in [-0.15, -0.1) is 0 Å². The normalized spacial score (nSPS) is 19.9. The third-order valence-electron chi connectivity index (χ3n) is 6.67. The number of carboxylic acids is 1. The fraction of sp³-hybridized carbons (Fsp3) is 0.400. The van der Waals surface area contributed by atoms with E-state index in [1.54, 1.807) is 0 Å². The molecule has 0 bridgehead atoms. The summed E-state index contributed by atoms with van der Waals surface area (Å²) in [5, 5.41) is 30.6. The molecule has 2 amide bonds. The van der Waals surface area contributed by atoms with E-state index >= 15 is 0 Å². The molecule has 9 nitrogen and oxygen atoms in total. The van der Waals surface area contributed by atoms with Crippen molar-refractivity contribution in [2.24, 2.45) is 11.8 Å². The summed E-state index contributed by atoms with van der Waals surface area (Å²) in [5.41, 5.74) is 4.24. The van der Waals surface area contributed by atoms with Gasteiger partial charge in [-0.2, -0.15) is 0 Å². The van der Waals surface area contributed by atoms with Crippen molar-refractivity contribution in [3.63, 3.8) is 0 Å². The van der Waals surface area contributed by atoms with Gasteiger partial charge in [-0.1, -0.05) is 48.5 Å². The summed E-state index contributed by atoms with van der Waals surface area (Å²) in [5.74, 6) is -2.58. The first-order valence-corrected chi connectivity index (χ1v) is 11.3. The Morgan fingerprint density at radius 3 is 1.97 bits per heavy atom. The Labute approximate surface area is 197 Å². The van der Waals surface area contributed by atoms with Crippen LogP contribution in [0.4, 0.5) is 4.79 Å². The van der Waals surface area contributed by atoms with Gasteiger partial charge in [0.05, 0.1) is 6.42 Å². The number of aliphatic hydroxyl groups is 2. The lowest BCUT2D eigenvalue weighted by Crippen LogP contribution is -2.49. The third-order valence-corrected chi connectivity index (χ3v) is 6.67. The molecular formula is C25H28N2O7. The predicted octanol–water partition coefficient (Wildman–Crippen LogP) is 1.43. The number of alkyl carbamates (subject to hydrolysis) is 1. The summed E-state index contributed by atoms with van der Waals surface area (Å²) in [6.07, 6.45) is -1.48. The second-order valence-electron chi connectivity index (χ2n) is 8.75. The highest BCUT2D eigenvalue weighted by Crippen LogP contribution is 2.44. The Morgan fingerprint density at radius 1 is 0.941 bits per heavy atom. The minimum absolute atomic E-state index is 0.0384. The van der Waals surface area contributed by atoms with E-state index in [2.05, 4.69) is 5.32 Å². The number of carboxylic acid groups (broad SMARTS) is 1. The molecule has 0 saturated carbocycles. The molecule has 1 saturated heterocycles. The van der Waals surface area contributed by atoms with Gasteiger partial charge in [0.25, 0.3) is 0 Å². The molecule has 1 aliphatic heterocycles. The van der Waals surface area contributed by atoms with Gasteiger partial charge in [0.2, 0.25) is 5.91 Å². The second-order valence-corrected chi connectivity index (χ2v) is 8.75. The van der Waals surface area contributed by atoms with E-state index in [0.717, 1.165) is 22.3 Å². The standard InChI is InChI=1S/C25H28N2O7/c28-12-15-10-27(11-16(15)13-29)24(32)22(9-23(30)31)26-25(33)34-14-21-19-7-3-1-5-17(19)18-6-2-4-8-20(18)21/h1-8,15-16,21-22,28-29H,9-14H2,(H,26,33)(H,30,31)/t15-,16+,22?. The van der Waals surface area contributed by atoms with Crippen LogP contribution in [0.2, 0.25) is 0 Å². The molecule has 4 rings (SSSR count). The molecule has 0 spiro atoms. The van der Waals surface area contributed by atoms with E-state index in [0.29, 0.717) is 0 Å². The number of nitrogens with zero attached hydrogens (tertiary/aromatic N) is 1. The first kappa shape index (κ1) is 23.7. The molecule has 4 N–H and O–H groups in total. The van der Waals surface area contributed by atoms with E-state index in [-0.39, 0.29) is 50.7 Å². The summed E-state index contributed by atoms with van der Waals surface area (Å²) in [6.45, 7) is 0.0135. The summed E-state index contributed by atoms with van der Waals surface area (Å²) in [4.78, 5) is 38.3. The van der Waals surface area contributed by atoms with Gasteiger partial charge >= 0.3 is 12.1 Å². The number of aliphatic hydroxyl groups excluding tert-OH is 2. The molecule has 180 valence electrons. The number of aliphatic carboxylic acids is 1. The molecule has 9 heteroatoms. The van der Waals surface area contributed by atoms with Crippen molar-refractivity contribution in [2.75, 3.05) is 32.9 Å². The minimum Gasteiger partial charge on any atom is -0.481 e. The number of carbonyl (C=O) groups is 3. The smallest absolute Gasteiger partial charge is 0.407 e. The predicted molar refractivity (Wildman–Crippen MR) is 122 cm³/mol. The lowest BCUT2D eigenvalue weighted by molar-refractivity contribution is -0.142. The largest absolute Gasteiger partial charge is 0.481 e. The number of likely N-dealkylation sites (tertiary alicyclic amines) is 1. The lowest BCUT2D eigenvalue weighted by atomic mass is 9.98. The fourth-order valence-corrected chi connectivity index (χ4v) is 4.91. The van der Waals surface area contributed by atoms with Crippen LogP contribution < -0.4 is 5.32 Å². The van der Waals surface area contributed by atoms with Crippen LogP contribution in [0.15, 0.2) is 48.5 Å². The van der Waals surface area contributed by atoms with Crippen LogP contribution in [-0.4, -0.2) is 77.1 Å². The highest BCUT2D eigenvalue weighted by molar-refractivity contribution is 5.89. The average molecular weight is 469 g/mol. The summed E-state index contributed by atoms with van der Waals surface area (Å²) < 4.78 is 5.46. The molecule has 1 fully saturated rings. The number of carbonyl (C=O) groups excluding carboxylic acids is 2. The average Bonchev–Trinajstić information content (AvgIpc) is 3.40. The quantitative estimate of drug-likeness (QED) is 0.460. The van der Waals surface area contributed by atoms with Gasteiger partial charge in [0, 0.05) is 44.1 Å². The Balaban J connectivity index is 1.42. The highest BCUT2D eigenvalue weighted by Gasteiger charge is 2.38. The molecule has 0 radical (unpaired) electrons. The topological polar surface area (TPSA) is 136 Å². The minimum atomic E-state index is -1.31. The monoisotopic (exact) mass is 468 g/mol. The van der Waals surface area contributed by atoms with Gasteiger partial charge < -0.3 is 30.3 Å². The molecule has 1 aliphatic carbocycles. The van der Waals surface area contributed by atoms with Crippen LogP contribution in [0, 0.1) is 11.8 Å².